The van der Waals surface area contributed by atoms with E-state index in [1.807, 2.05) is 24.3 Å². The number of halogens is 2. The second kappa shape index (κ2) is 6.21. The number of nitrogens with zero attached hydrogens (tertiary/aromatic N) is 1. The Morgan fingerprint density at radius 1 is 1.05 bits per heavy atom. The first-order valence-electron chi connectivity index (χ1n) is 5.63. The third-order valence-electron chi connectivity index (χ3n) is 2.66. The lowest BCUT2D eigenvalue weighted by atomic mass is 10.2. The van der Waals surface area contributed by atoms with Crippen LogP contribution < -0.4 is 0 Å². The van der Waals surface area contributed by atoms with E-state index in [9.17, 15) is 4.39 Å². The van der Waals surface area contributed by atoms with E-state index in [2.05, 4.69) is 9.97 Å². The summed E-state index contributed by atoms with van der Waals surface area (Å²) in [6.45, 7) is 0. The quantitative estimate of drug-likeness (QED) is 0.708. The van der Waals surface area contributed by atoms with Gasteiger partial charge < -0.3 is 4.98 Å². The molecule has 0 spiro atoms. The number of hydrogen-bond acceptors (Lipinski definition) is 2. The van der Waals surface area contributed by atoms with Crippen molar-refractivity contribution in [2.24, 2.45) is 0 Å². The van der Waals surface area contributed by atoms with E-state index < -0.39 is 0 Å². The zero-order chi connectivity index (χ0) is 12.4. The van der Waals surface area contributed by atoms with Gasteiger partial charge in [-0.05, 0) is 29.8 Å². The average molecular weight is 339 g/mol. The number of aromatic amines is 1. The van der Waals surface area contributed by atoms with Crippen molar-refractivity contribution in [2.75, 3.05) is 0 Å². The summed E-state index contributed by atoms with van der Waals surface area (Å²) in [6.07, 6.45) is 0. The Balaban J connectivity index is 0.00000133. The van der Waals surface area contributed by atoms with Crippen molar-refractivity contribution < 1.29 is 4.39 Å². The van der Waals surface area contributed by atoms with Gasteiger partial charge in [0.2, 0.25) is 0 Å². The van der Waals surface area contributed by atoms with Crippen LogP contribution in [0, 0.1) is 5.82 Å². The molecule has 0 saturated carbocycles. The molecule has 3 aromatic rings. The highest BCUT2D eigenvalue weighted by molar-refractivity contribution is 8.93. The molecule has 0 fully saturated rings. The third-order valence-corrected chi connectivity index (χ3v) is 3.60. The van der Waals surface area contributed by atoms with Crippen LogP contribution in [0.1, 0.15) is 5.56 Å². The molecule has 0 amide bonds. The van der Waals surface area contributed by atoms with Crippen LogP contribution in [-0.4, -0.2) is 9.97 Å². The van der Waals surface area contributed by atoms with Gasteiger partial charge in [0.1, 0.15) is 5.82 Å². The van der Waals surface area contributed by atoms with E-state index >= 15 is 0 Å². The summed E-state index contributed by atoms with van der Waals surface area (Å²) in [5.74, 6) is 0.576. The Morgan fingerprint density at radius 2 is 1.79 bits per heavy atom. The fraction of sp³-hybridized carbons (Fsp3) is 0.0714. The molecule has 1 aromatic heterocycles. The van der Waals surface area contributed by atoms with Crippen LogP contribution in [0.3, 0.4) is 0 Å². The zero-order valence-corrected chi connectivity index (χ0v) is 12.5. The molecule has 0 aliphatic carbocycles. The average Bonchev–Trinajstić information content (AvgIpc) is 2.81. The maximum atomic E-state index is 12.8. The molecule has 3 rings (SSSR count). The number of fused-ring (bicyclic) bond motifs is 1. The summed E-state index contributed by atoms with van der Waals surface area (Å²) in [4.78, 5) is 7.73. The first kappa shape index (κ1) is 14.1. The highest BCUT2D eigenvalue weighted by atomic mass is 79.9. The van der Waals surface area contributed by atoms with Crippen LogP contribution in [-0.2, 0) is 5.75 Å². The Bertz CT molecular complexity index is 634. The predicted molar refractivity (Wildman–Crippen MR) is 82.4 cm³/mol. The first-order chi connectivity index (χ1) is 8.81. The van der Waals surface area contributed by atoms with Crippen molar-refractivity contribution in [3.8, 4) is 0 Å². The lowest BCUT2D eigenvalue weighted by molar-refractivity contribution is 0.627. The molecule has 0 aliphatic heterocycles. The molecule has 2 aromatic carbocycles. The Hall–Kier alpha value is -1.33. The number of imidazole rings is 1. The molecule has 98 valence electrons. The van der Waals surface area contributed by atoms with Crippen LogP contribution in [0.4, 0.5) is 4.39 Å². The number of hydrogen-bond donors (Lipinski definition) is 1. The summed E-state index contributed by atoms with van der Waals surface area (Å²) in [7, 11) is 0. The number of aromatic nitrogens is 2. The molecule has 2 nitrogen and oxygen atoms in total. The van der Waals surface area contributed by atoms with Gasteiger partial charge in [0, 0.05) is 5.75 Å². The molecule has 0 bridgehead atoms. The van der Waals surface area contributed by atoms with Crippen LogP contribution in [0.5, 0.6) is 0 Å². The van der Waals surface area contributed by atoms with Gasteiger partial charge >= 0.3 is 0 Å². The molecule has 0 radical (unpaired) electrons. The molecule has 0 unspecified atom stereocenters. The van der Waals surface area contributed by atoms with E-state index in [1.54, 1.807) is 23.9 Å². The minimum atomic E-state index is -0.201. The molecule has 0 atom stereocenters. The Kier molecular flexibility index (Phi) is 4.61. The summed E-state index contributed by atoms with van der Waals surface area (Å²) >= 11 is 1.62. The van der Waals surface area contributed by atoms with Crippen LogP contribution in [0.2, 0.25) is 0 Å². The fourth-order valence-electron chi connectivity index (χ4n) is 1.73. The summed E-state index contributed by atoms with van der Waals surface area (Å²) in [5, 5.41) is 0.889. The highest BCUT2D eigenvalue weighted by Crippen LogP contribution is 2.22. The van der Waals surface area contributed by atoms with Crippen LogP contribution in [0.15, 0.2) is 53.7 Å². The van der Waals surface area contributed by atoms with E-state index in [-0.39, 0.29) is 22.8 Å². The second-order valence-electron chi connectivity index (χ2n) is 3.97. The summed E-state index contributed by atoms with van der Waals surface area (Å²) < 4.78 is 12.8. The van der Waals surface area contributed by atoms with Crippen molar-refractivity contribution in [1.82, 2.24) is 9.97 Å². The number of thioether (sulfide) groups is 1. The van der Waals surface area contributed by atoms with Crippen molar-refractivity contribution in [2.45, 2.75) is 10.9 Å². The van der Waals surface area contributed by atoms with Crippen molar-refractivity contribution in [1.29, 1.82) is 0 Å². The molecule has 1 N–H and O–H groups in total. The number of H-pyrrole nitrogens is 1. The van der Waals surface area contributed by atoms with Gasteiger partial charge in [-0.1, -0.05) is 36.0 Å². The van der Waals surface area contributed by atoms with Crippen LogP contribution in [0.25, 0.3) is 11.0 Å². The summed E-state index contributed by atoms with van der Waals surface area (Å²) in [5.41, 5.74) is 3.10. The lowest BCUT2D eigenvalue weighted by Crippen LogP contribution is -1.82. The number of benzene rings is 2. The van der Waals surface area contributed by atoms with Crippen molar-refractivity contribution >= 4 is 39.8 Å². The van der Waals surface area contributed by atoms with E-state index in [4.69, 9.17) is 0 Å². The molecule has 19 heavy (non-hydrogen) atoms. The molecular weight excluding hydrogens is 327 g/mol. The molecule has 0 aliphatic rings. The van der Waals surface area contributed by atoms with Gasteiger partial charge in [-0.15, -0.1) is 17.0 Å². The maximum Gasteiger partial charge on any atom is 0.166 e. The molecular formula is C14H12BrFN2S. The Morgan fingerprint density at radius 3 is 2.53 bits per heavy atom. The van der Waals surface area contributed by atoms with Gasteiger partial charge in [0.05, 0.1) is 11.0 Å². The largest absolute Gasteiger partial charge is 0.333 e. The maximum absolute atomic E-state index is 12.8. The second-order valence-corrected chi connectivity index (χ2v) is 4.94. The number of nitrogens with one attached hydrogen (secondary N) is 1. The number of rotatable bonds is 3. The predicted octanol–water partition coefficient (Wildman–Crippen LogP) is 4.57. The van der Waals surface area contributed by atoms with Gasteiger partial charge in [-0.25, -0.2) is 9.37 Å². The van der Waals surface area contributed by atoms with Gasteiger partial charge in [-0.3, -0.25) is 0 Å². The fourth-order valence-corrected chi connectivity index (χ4v) is 2.57. The van der Waals surface area contributed by atoms with E-state index in [0.29, 0.717) is 0 Å². The van der Waals surface area contributed by atoms with E-state index in [0.717, 1.165) is 27.5 Å². The monoisotopic (exact) mass is 338 g/mol. The minimum Gasteiger partial charge on any atom is -0.333 e. The first-order valence-corrected chi connectivity index (χ1v) is 6.62. The number of para-hydroxylation sites is 2. The van der Waals surface area contributed by atoms with Crippen LogP contribution >= 0.6 is 28.7 Å². The van der Waals surface area contributed by atoms with Gasteiger partial charge in [0.15, 0.2) is 5.16 Å². The van der Waals surface area contributed by atoms with Gasteiger partial charge in [-0.2, -0.15) is 0 Å². The molecule has 0 saturated heterocycles. The Labute approximate surface area is 125 Å². The zero-order valence-electron chi connectivity index (χ0n) is 9.97. The van der Waals surface area contributed by atoms with Crippen molar-refractivity contribution in [3.63, 3.8) is 0 Å². The van der Waals surface area contributed by atoms with Crippen molar-refractivity contribution in [3.05, 3.63) is 59.9 Å². The highest BCUT2D eigenvalue weighted by Gasteiger charge is 2.03. The topological polar surface area (TPSA) is 28.7 Å². The van der Waals surface area contributed by atoms with E-state index in [1.165, 1.54) is 12.1 Å². The minimum absolute atomic E-state index is 0. The summed E-state index contributed by atoms with van der Waals surface area (Å²) in [6, 6.07) is 14.5. The molecule has 5 heteroatoms. The lowest BCUT2D eigenvalue weighted by Gasteiger charge is -1.98. The molecule has 1 heterocycles. The SMILES string of the molecule is Br.Fc1ccc(CSc2nc3ccccc3[nH]2)cc1. The van der Waals surface area contributed by atoms with Gasteiger partial charge in [0.25, 0.3) is 0 Å². The normalized spacial score (nSPS) is 10.4. The third kappa shape index (κ3) is 3.36. The smallest absolute Gasteiger partial charge is 0.166 e. The standard InChI is InChI=1S/C14H11FN2S.BrH/c15-11-7-5-10(6-8-11)9-18-14-16-12-3-1-2-4-13(12)17-14;/h1-8H,9H2,(H,16,17);1H.